The van der Waals surface area contributed by atoms with Crippen LogP contribution in [0.15, 0.2) is 22.8 Å². The number of halogens is 1. The van der Waals surface area contributed by atoms with Crippen molar-refractivity contribution in [2.45, 2.75) is 6.92 Å². The first-order valence-corrected chi connectivity index (χ1v) is 6.42. The van der Waals surface area contributed by atoms with Crippen LogP contribution in [0.25, 0.3) is 0 Å². The van der Waals surface area contributed by atoms with Gasteiger partial charge in [-0.3, -0.25) is 9.59 Å². The van der Waals surface area contributed by atoms with Gasteiger partial charge in [0.2, 0.25) is 0 Å². The highest BCUT2D eigenvalue weighted by atomic mass is 79.9. The van der Waals surface area contributed by atoms with Crippen LogP contribution in [0.4, 0.5) is 0 Å². The monoisotopic (exact) mass is 312 g/mol. The number of aromatic nitrogens is 1. The van der Waals surface area contributed by atoms with E-state index in [1.807, 2.05) is 6.92 Å². The van der Waals surface area contributed by atoms with Gasteiger partial charge in [0.1, 0.15) is 5.69 Å². The molecule has 6 heteroatoms. The largest absolute Gasteiger partial charge is 0.481 e. The van der Waals surface area contributed by atoms with Crippen LogP contribution < -0.4 is 0 Å². The zero-order valence-corrected chi connectivity index (χ0v) is 11.4. The van der Waals surface area contributed by atoms with Crippen molar-refractivity contribution in [2.75, 3.05) is 13.1 Å². The summed E-state index contributed by atoms with van der Waals surface area (Å²) < 4.78 is 0.803. The molecule has 1 saturated heterocycles. The highest BCUT2D eigenvalue weighted by Crippen LogP contribution is 2.24. The average molecular weight is 313 g/mol. The van der Waals surface area contributed by atoms with E-state index in [4.69, 9.17) is 5.11 Å². The van der Waals surface area contributed by atoms with Crippen molar-refractivity contribution in [3.05, 3.63) is 28.5 Å². The van der Waals surface area contributed by atoms with Crippen molar-refractivity contribution < 1.29 is 14.7 Å². The number of carboxylic acids is 1. The Kier molecular flexibility index (Phi) is 3.65. The van der Waals surface area contributed by atoms with Gasteiger partial charge in [0.25, 0.3) is 5.91 Å². The molecular weight excluding hydrogens is 300 g/mol. The van der Waals surface area contributed by atoms with Gasteiger partial charge in [-0.25, -0.2) is 4.98 Å². The van der Waals surface area contributed by atoms with Crippen molar-refractivity contribution in [2.24, 2.45) is 11.8 Å². The average Bonchev–Trinajstić information content (AvgIpc) is 2.71. The molecule has 1 aliphatic rings. The number of rotatable bonds is 2. The Morgan fingerprint density at radius 3 is 2.67 bits per heavy atom. The lowest BCUT2D eigenvalue weighted by Crippen LogP contribution is -2.30. The number of carboxylic acid groups (broad SMARTS) is 1. The van der Waals surface area contributed by atoms with Gasteiger partial charge in [-0.05, 0) is 34.0 Å². The van der Waals surface area contributed by atoms with Gasteiger partial charge in [-0.1, -0.05) is 6.92 Å². The maximum Gasteiger partial charge on any atom is 0.308 e. The van der Waals surface area contributed by atoms with E-state index < -0.39 is 11.9 Å². The maximum absolute atomic E-state index is 12.1. The Bertz CT molecular complexity index is 475. The van der Waals surface area contributed by atoms with E-state index in [1.165, 1.54) is 0 Å². The maximum atomic E-state index is 12.1. The van der Waals surface area contributed by atoms with Crippen LogP contribution in [0.1, 0.15) is 17.4 Å². The Morgan fingerprint density at radius 1 is 1.44 bits per heavy atom. The first-order chi connectivity index (χ1) is 8.49. The molecule has 5 nitrogen and oxygen atoms in total. The number of likely N-dealkylation sites (tertiary alicyclic amines) is 1. The quantitative estimate of drug-likeness (QED) is 0.901. The van der Waals surface area contributed by atoms with Gasteiger partial charge in [-0.2, -0.15) is 0 Å². The molecule has 0 spiro atoms. The molecular formula is C12H13BrN2O3. The van der Waals surface area contributed by atoms with Crippen LogP contribution in [0, 0.1) is 11.8 Å². The molecule has 1 amide bonds. The van der Waals surface area contributed by atoms with Crippen LogP contribution in [0.2, 0.25) is 0 Å². The lowest BCUT2D eigenvalue weighted by Gasteiger charge is -2.15. The lowest BCUT2D eigenvalue weighted by molar-refractivity contribution is -0.142. The van der Waals surface area contributed by atoms with Crippen LogP contribution in [0.3, 0.4) is 0 Å². The number of carbonyl (C=O) groups excluding carboxylic acids is 1. The van der Waals surface area contributed by atoms with E-state index in [9.17, 15) is 9.59 Å². The van der Waals surface area contributed by atoms with Crippen LogP contribution >= 0.6 is 15.9 Å². The highest BCUT2D eigenvalue weighted by Gasteiger charge is 2.37. The molecule has 1 aromatic rings. The fraction of sp³-hybridized carbons (Fsp3) is 0.417. The summed E-state index contributed by atoms with van der Waals surface area (Å²) in [5.41, 5.74) is 0.344. The number of carbonyl (C=O) groups is 2. The number of aliphatic carboxylic acids is 1. The molecule has 2 rings (SSSR count). The zero-order chi connectivity index (χ0) is 13.3. The molecule has 0 aliphatic carbocycles. The summed E-state index contributed by atoms with van der Waals surface area (Å²) in [7, 11) is 0. The predicted molar refractivity (Wildman–Crippen MR) is 68.1 cm³/mol. The minimum atomic E-state index is -0.846. The molecule has 1 N–H and O–H groups in total. The Hall–Kier alpha value is -1.43. The number of nitrogens with zero attached hydrogens (tertiary/aromatic N) is 2. The Balaban J connectivity index is 2.12. The summed E-state index contributed by atoms with van der Waals surface area (Å²) >= 11 is 3.25. The molecule has 0 saturated carbocycles. The molecule has 0 aromatic carbocycles. The lowest BCUT2D eigenvalue weighted by atomic mass is 9.99. The summed E-state index contributed by atoms with van der Waals surface area (Å²) in [5.74, 6) is -1.56. The van der Waals surface area contributed by atoms with Gasteiger partial charge in [0.05, 0.1) is 5.92 Å². The molecule has 2 unspecified atom stereocenters. The zero-order valence-electron chi connectivity index (χ0n) is 9.84. The number of pyridine rings is 1. The first kappa shape index (κ1) is 13.0. The predicted octanol–water partition coefficient (Wildman–Crippen LogP) is 1.64. The normalized spacial score (nSPS) is 23.1. The van der Waals surface area contributed by atoms with Gasteiger partial charge in [-0.15, -0.1) is 0 Å². The van der Waals surface area contributed by atoms with E-state index in [2.05, 4.69) is 20.9 Å². The molecule has 96 valence electrons. The Morgan fingerprint density at radius 2 is 2.17 bits per heavy atom. The molecule has 2 atom stereocenters. The molecule has 1 aromatic heterocycles. The minimum Gasteiger partial charge on any atom is -0.481 e. The first-order valence-electron chi connectivity index (χ1n) is 5.62. The van der Waals surface area contributed by atoms with Gasteiger partial charge >= 0.3 is 5.97 Å². The van der Waals surface area contributed by atoms with Crippen molar-refractivity contribution >= 4 is 27.8 Å². The Labute approximate surface area is 113 Å². The third kappa shape index (κ3) is 2.53. The van der Waals surface area contributed by atoms with E-state index >= 15 is 0 Å². The van der Waals surface area contributed by atoms with E-state index in [0.29, 0.717) is 12.2 Å². The number of hydrogen-bond donors (Lipinski definition) is 1. The van der Waals surface area contributed by atoms with Crippen LogP contribution in [0.5, 0.6) is 0 Å². The number of hydrogen-bond acceptors (Lipinski definition) is 3. The third-order valence-corrected chi connectivity index (χ3v) is 3.63. The standard InChI is InChI=1S/C12H13BrN2O3/c1-7-5-15(6-9(7)12(17)18)11(16)10-3-2-8(13)4-14-10/h2-4,7,9H,5-6H2,1H3,(H,17,18). The molecule has 18 heavy (non-hydrogen) atoms. The summed E-state index contributed by atoms with van der Waals surface area (Å²) in [5, 5.41) is 9.03. The second-order valence-corrected chi connectivity index (χ2v) is 5.41. The fourth-order valence-electron chi connectivity index (χ4n) is 2.12. The second kappa shape index (κ2) is 5.06. The van der Waals surface area contributed by atoms with E-state index in [-0.39, 0.29) is 18.4 Å². The molecule has 2 heterocycles. The van der Waals surface area contributed by atoms with Gasteiger partial charge in [0, 0.05) is 23.8 Å². The van der Waals surface area contributed by atoms with Crippen molar-refractivity contribution in [3.8, 4) is 0 Å². The molecule has 1 aliphatic heterocycles. The minimum absolute atomic E-state index is 0.0260. The van der Waals surface area contributed by atoms with Crippen molar-refractivity contribution in [1.29, 1.82) is 0 Å². The summed E-state index contributed by atoms with van der Waals surface area (Å²) in [6.07, 6.45) is 1.56. The topological polar surface area (TPSA) is 70.5 Å². The van der Waals surface area contributed by atoms with Gasteiger partial charge in [0.15, 0.2) is 0 Å². The van der Waals surface area contributed by atoms with Crippen molar-refractivity contribution in [1.82, 2.24) is 9.88 Å². The van der Waals surface area contributed by atoms with E-state index in [0.717, 1.165) is 4.47 Å². The molecule has 0 bridgehead atoms. The molecule has 1 fully saturated rings. The third-order valence-electron chi connectivity index (χ3n) is 3.16. The second-order valence-electron chi connectivity index (χ2n) is 4.49. The summed E-state index contributed by atoms with van der Waals surface area (Å²) in [6, 6.07) is 3.37. The SMILES string of the molecule is CC1CN(C(=O)c2ccc(Br)cn2)CC1C(=O)O. The van der Waals surface area contributed by atoms with Crippen LogP contribution in [-0.4, -0.2) is 40.0 Å². The summed E-state index contributed by atoms with van der Waals surface area (Å²) in [6.45, 7) is 2.57. The van der Waals surface area contributed by atoms with E-state index in [1.54, 1.807) is 23.2 Å². The fourth-order valence-corrected chi connectivity index (χ4v) is 2.35. The number of amides is 1. The summed E-state index contributed by atoms with van der Waals surface area (Å²) in [4.78, 5) is 28.7. The van der Waals surface area contributed by atoms with Crippen molar-refractivity contribution in [3.63, 3.8) is 0 Å². The smallest absolute Gasteiger partial charge is 0.308 e. The van der Waals surface area contributed by atoms with Crippen LogP contribution in [-0.2, 0) is 4.79 Å². The van der Waals surface area contributed by atoms with Gasteiger partial charge < -0.3 is 10.0 Å². The molecule has 0 radical (unpaired) electrons. The highest BCUT2D eigenvalue weighted by molar-refractivity contribution is 9.10.